The van der Waals surface area contributed by atoms with Gasteiger partial charge in [0.2, 0.25) is 5.91 Å². The van der Waals surface area contributed by atoms with E-state index in [0.717, 1.165) is 46.7 Å². The molecule has 1 saturated carbocycles. The molecule has 0 spiro atoms. The van der Waals surface area contributed by atoms with Crippen LogP contribution in [0.1, 0.15) is 24.8 Å². The molecule has 6 heteroatoms. The Hall–Kier alpha value is -2.99. The number of fused-ring (bicyclic) bond motifs is 1. The molecule has 0 atom stereocenters. The van der Waals surface area contributed by atoms with Crippen molar-refractivity contribution in [3.8, 4) is 11.3 Å². The van der Waals surface area contributed by atoms with Gasteiger partial charge < -0.3 is 5.32 Å². The molecular weight excluding hydrogens is 373 g/mol. The van der Waals surface area contributed by atoms with Crippen LogP contribution in [0.25, 0.3) is 16.2 Å². The summed E-state index contributed by atoms with van der Waals surface area (Å²) >= 11 is 1.60. The van der Waals surface area contributed by atoms with Crippen LogP contribution in [0.3, 0.4) is 0 Å². The van der Waals surface area contributed by atoms with Crippen LogP contribution in [0.4, 0.5) is 10.1 Å². The lowest BCUT2D eigenvalue weighted by molar-refractivity contribution is -0.124. The van der Waals surface area contributed by atoms with Gasteiger partial charge in [-0.3, -0.25) is 9.20 Å². The lowest BCUT2D eigenvalue weighted by atomic mass is 9.64. The van der Waals surface area contributed by atoms with Crippen LogP contribution in [-0.2, 0) is 10.2 Å². The largest absolute Gasteiger partial charge is 0.325 e. The monoisotopic (exact) mass is 391 g/mol. The molecule has 0 bridgehead atoms. The summed E-state index contributed by atoms with van der Waals surface area (Å²) in [6.07, 6.45) is 6.55. The van der Waals surface area contributed by atoms with Gasteiger partial charge in [-0.25, -0.2) is 9.37 Å². The number of hydrogen-bond donors (Lipinski definition) is 1. The number of nitrogens with zero attached hydrogens (tertiary/aromatic N) is 2. The van der Waals surface area contributed by atoms with E-state index < -0.39 is 5.41 Å². The van der Waals surface area contributed by atoms with Crippen LogP contribution in [0.2, 0.25) is 0 Å². The Morgan fingerprint density at radius 1 is 1.11 bits per heavy atom. The van der Waals surface area contributed by atoms with Crippen molar-refractivity contribution >= 4 is 27.9 Å². The molecule has 0 saturated heterocycles. The summed E-state index contributed by atoms with van der Waals surface area (Å²) in [7, 11) is 0. The topological polar surface area (TPSA) is 46.4 Å². The number of halogens is 1. The Balaban J connectivity index is 1.36. The molecule has 140 valence electrons. The third-order valence-electron chi connectivity index (χ3n) is 5.57. The average molecular weight is 391 g/mol. The zero-order chi connectivity index (χ0) is 19.1. The predicted octanol–water partition coefficient (Wildman–Crippen LogP) is 5.26. The van der Waals surface area contributed by atoms with Crippen molar-refractivity contribution in [2.45, 2.75) is 24.7 Å². The number of anilines is 1. The van der Waals surface area contributed by atoms with Crippen molar-refractivity contribution < 1.29 is 9.18 Å². The normalized spacial score (nSPS) is 15.3. The van der Waals surface area contributed by atoms with Crippen molar-refractivity contribution in [2.24, 2.45) is 0 Å². The number of imidazole rings is 1. The summed E-state index contributed by atoms with van der Waals surface area (Å²) in [6.45, 7) is 0. The maximum atomic E-state index is 13.3. The molecular formula is C22H18FN3OS. The number of rotatable bonds is 4. The van der Waals surface area contributed by atoms with E-state index in [4.69, 9.17) is 0 Å². The van der Waals surface area contributed by atoms with Crippen molar-refractivity contribution in [2.75, 3.05) is 5.32 Å². The van der Waals surface area contributed by atoms with Gasteiger partial charge in [-0.15, -0.1) is 11.3 Å². The van der Waals surface area contributed by atoms with Gasteiger partial charge in [0.1, 0.15) is 5.82 Å². The summed E-state index contributed by atoms with van der Waals surface area (Å²) in [5, 5.41) is 5.04. The van der Waals surface area contributed by atoms with Gasteiger partial charge in [0.15, 0.2) is 4.96 Å². The minimum absolute atomic E-state index is 0.0272. The Kier molecular flexibility index (Phi) is 4.02. The highest BCUT2D eigenvalue weighted by Crippen LogP contribution is 2.44. The molecule has 4 nitrogen and oxygen atoms in total. The fourth-order valence-corrected chi connectivity index (χ4v) is 4.49. The summed E-state index contributed by atoms with van der Waals surface area (Å²) < 4.78 is 15.3. The zero-order valence-electron chi connectivity index (χ0n) is 15.1. The highest BCUT2D eigenvalue weighted by atomic mass is 32.1. The molecule has 2 aromatic carbocycles. The van der Waals surface area contributed by atoms with Crippen molar-refractivity contribution in [3.05, 3.63) is 77.7 Å². The number of carbonyl (C=O) groups is 1. The maximum Gasteiger partial charge on any atom is 0.235 e. The molecule has 1 amide bonds. The average Bonchev–Trinajstić information content (AvgIpc) is 3.25. The fraction of sp³-hybridized carbons (Fsp3) is 0.182. The van der Waals surface area contributed by atoms with Gasteiger partial charge >= 0.3 is 0 Å². The Morgan fingerprint density at radius 2 is 1.86 bits per heavy atom. The van der Waals surface area contributed by atoms with Crippen LogP contribution in [0, 0.1) is 5.82 Å². The van der Waals surface area contributed by atoms with E-state index in [0.29, 0.717) is 0 Å². The van der Waals surface area contributed by atoms with E-state index in [1.54, 1.807) is 23.5 Å². The van der Waals surface area contributed by atoms with Gasteiger partial charge in [-0.2, -0.15) is 0 Å². The molecule has 4 aromatic rings. The smallest absolute Gasteiger partial charge is 0.235 e. The van der Waals surface area contributed by atoms with E-state index in [-0.39, 0.29) is 11.7 Å². The minimum atomic E-state index is -0.555. The highest BCUT2D eigenvalue weighted by molar-refractivity contribution is 7.15. The van der Waals surface area contributed by atoms with Crippen molar-refractivity contribution in [3.63, 3.8) is 0 Å². The lowest BCUT2D eigenvalue weighted by Gasteiger charge is -2.40. The molecule has 1 aliphatic carbocycles. The number of nitrogens with one attached hydrogen (secondary N) is 1. The first kappa shape index (κ1) is 17.1. The first-order chi connectivity index (χ1) is 13.6. The van der Waals surface area contributed by atoms with Crippen LogP contribution in [0.5, 0.6) is 0 Å². The van der Waals surface area contributed by atoms with E-state index >= 15 is 0 Å². The van der Waals surface area contributed by atoms with Gasteiger partial charge in [-0.05, 0) is 42.7 Å². The van der Waals surface area contributed by atoms with Crippen LogP contribution < -0.4 is 5.32 Å². The lowest BCUT2D eigenvalue weighted by Crippen LogP contribution is -2.46. The first-order valence-corrected chi connectivity index (χ1v) is 10.1. The SMILES string of the molecule is O=C(Nc1ccc(-c2cn3ccsc3n2)cc1)C1(c2ccc(F)cc2)CCC1. The Morgan fingerprint density at radius 3 is 2.50 bits per heavy atom. The van der Waals surface area contributed by atoms with Gasteiger partial charge in [0.25, 0.3) is 0 Å². The second kappa shape index (κ2) is 6.56. The van der Waals surface area contributed by atoms with Gasteiger partial charge in [-0.1, -0.05) is 30.7 Å². The van der Waals surface area contributed by atoms with Crippen molar-refractivity contribution in [1.82, 2.24) is 9.38 Å². The molecule has 5 rings (SSSR count). The van der Waals surface area contributed by atoms with E-state index in [9.17, 15) is 9.18 Å². The highest BCUT2D eigenvalue weighted by Gasteiger charge is 2.45. The minimum Gasteiger partial charge on any atom is -0.325 e. The van der Waals surface area contributed by atoms with E-state index in [1.807, 2.05) is 46.4 Å². The third-order valence-corrected chi connectivity index (χ3v) is 6.34. The maximum absolute atomic E-state index is 13.3. The zero-order valence-corrected chi connectivity index (χ0v) is 15.9. The Labute approximate surface area is 165 Å². The second-order valence-corrected chi connectivity index (χ2v) is 8.07. The standard InChI is InChI=1S/C22H18FN3OS/c23-17-6-4-16(5-7-17)22(10-1-11-22)20(27)24-18-8-2-15(3-9-18)19-14-26-12-13-28-21(26)25-19/h2-9,12-14H,1,10-11H2,(H,24,27). The van der Waals surface area contributed by atoms with E-state index in [2.05, 4.69) is 10.3 Å². The van der Waals surface area contributed by atoms with Gasteiger partial charge in [0, 0.05) is 29.0 Å². The molecule has 0 radical (unpaired) electrons. The number of benzene rings is 2. The van der Waals surface area contributed by atoms with E-state index in [1.165, 1.54) is 12.1 Å². The quantitative estimate of drug-likeness (QED) is 0.516. The number of hydrogen-bond acceptors (Lipinski definition) is 3. The molecule has 2 aromatic heterocycles. The summed E-state index contributed by atoms with van der Waals surface area (Å²) in [5.74, 6) is -0.311. The van der Waals surface area contributed by atoms with Gasteiger partial charge in [0.05, 0.1) is 11.1 Å². The number of aromatic nitrogens is 2. The number of thiazole rings is 1. The summed E-state index contributed by atoms with van der Waals surface area (Å²) in [5.41, 5.74) is 2.99. The second-order valence-electron chi connectivity index (χ2n) is 7.19. The number of amides is 1. The molecule has 2 heterocycles. The molecule has 0 aliphatic heterocycles. The summed E-state index contributed by atoms with van der Waals surface area (Å²) in [6, 6.07) is 14.0. The molecule has 1 N–H and O–H groups in total. The third kappa shape index (κ3) is 2.81. The Bertz CT molecular complexity index is 1110. The number of carbonyl (C=O) groups excluding carboxylic acids is 1. The van der Waals surface area contributed by atoms with Crippen LogP contribution in [-0.4, -0.2) is 15.3 Å². The molecule has 0 unspecified atom stereocenters. The first-order valence-electron chi connectivity index (χ1n) is 9.24. The molecule has 28 heavy (non-hydrogen) atoms. The predicted molar refractivity (Wildman–Crippen MR) is 109 cm³/mol. The summed E-state index contributed by atoms with van der Waals surface area (Å²) in [4.78, 5) is 18.6. The molecule has 1 fully saturated rings. The van der Waals surface area contributed by atoms with Crippen LogP contribution in [0.15, 0.2) is 66.3 Å². The van der Waals surface area contributed by atoms with Crippen LogP contribution >= 0.6 is 11.3 Å². The van der Waals surface area contributed by atoms with Crippen molar-refractivity contribution in [1.29, 1.82) is 0 Å². The fourth-order valence-electron chi connectivity index (χ4n) is 3.79. The molecule has 1 aliphatic rings.